The number of carbonyl (C=O) groups excluding carboxylic acids is 1. The first-order chi connectivity index (χ1) is 15.1. The molecule has 3 N–H and O–H groups in total. The first-order valence-corrected chi connectivity index (χ1v) is 10.2. The second-order valence-electron chi connectivity index (χ2n) is 7.67. The van der Waals surface area contributed by atoms with Crippen molar-refractivity contribution in [1.29, 1.82) is 0 Å². The third-order valence-corrected chi connectivity index (χ3v) is 5.48. The molecule has 2 heterocycles. The van der Waals surface area contributed by atoms with Crippen LogP contribution in [0.1, 0.15) is 54.3 Å². The molecule has 3 aromatic rings. The molecule has 1 fully saturated rings. The molecule has 1 amide bonds. The van der Waals surface area contributed by atoms with Crippen LogP contribution in [0.3, 0.4) is 0 Å². The van der Waals surface area contributed by atoms with Crippen molar-refractivity contribution in [3.63, 3.8) is 0 Å². The van der Waals surface area contributed by atoms with Gasteiger partial charge in [-0.2, -0.15) is 0 Å². The van der Waals surface area contributed by atoms with Gasteiger partial charge in [0.25, 0.3) is 0 Å². The van der Waals surface area contributed by atoms with Crippen LogP contribution in [-0.2, 0) is 4.79 Å². The molecular weight excluding hydrogens is 398 g/mol. The summed E-state index contributed by atoms with van der Waals surface area (Å²) in [4.78, 5) is 27.2. The average Bonchev–Trinajstić information content (AvgIpc) is 3.24. The first kappa shape index (κ1) is 20.5. The van der Waals surface area contributed by atoms with Gasteiger partial charge in [0, 0.05) is 18.3 Å². The molecule has 1 aliphatic rings. The smallest absolute Gasteiger partial charge is 0.320 e. The standard InChI is InChI=1S/C22H23N5O4/c28-19(29)12-14-3-5-15(6-4-14)16-7-9-17(10-8-16)24-20(30)21-26-27-22(31-21)25-18-2-1-11-23-13-18/h1-2,7-11,13-15H,3-6,12H2,(H,24,30)(H,25,27)(H,28,29). The van der Waals surface area contributed by atoms with Crippen LogP contribution in [0.25, 0.3) is 0 Å². The van der Waals surface area contributed by atoms with Crippen LogP contribution < -0.4 is 10.6 Å². The molecule has 0 unspecified atom stereocenters. The molecule has 4 rings (SSSR count). The predicted octanol–water partition coefficient (Wildman–Crippen LogP) is 4.21. The van der Waals surface area contributed by atoms with Crippen molar-refractivity contribution in [2.75, 3.05) is 10.6 Å². The van der Waals surface area contributed by atoms with Crippen molar-refractivity contribution in [1.82, 2.24) is 15.2 Å². The van der Waals surface area contributed by atoms with Gasteiger partial charge in [-0.25, -0.2) is 0 Å². The maximum absolute atomic E-state index is 12.4. The third kappa shape index (κ3) is 5.44. The number of amides is 1. The Morgan fingerprint density at radius 2 is 1.81 bits per heavy atom. The van der Waals surface area contributed by atoms with Crippen molar-refractivity contribution >= 4 is 29.3 Å². The van der Waals surface area contributed by atoms with Crippen LogP contribution in [0.4, 0.5) is 17.4 Å². The topological polar surface area (TPSA) is 130 Å². The Hall–Kier alpha value is -3.75. The van der Waals surface area contributed by atoms with Gasteiger partial charge in [-0.1, -0.05) is 17.2 Å². The Balaban J connectivity index is 1.31. The van der Waals surface area contributed by atoms with Crippen molar-refractivity contribution in [3.8, 4) is 0 Å². The fourth-order valence-corrected chi connectivity index (χ4v) is 3.90. The Morgan fingerprint density at radius 1 is 1.03 bits per heavy atom. The lowest BCUT2D eigenvalue weighted by atomic mass is 9.77. The lowest BCUT2D eigenvalue weighted by molar-refractivity contribution is -0.138. The molecule has 0 atom stereocenters. The van der Waals surface area contributed by atoms with Crippen LogP contribution in [0, 0.1) is 5.92 Å². The highest BCUT2D eigenvalue weighted by atomic mass is 16.4. The molecular formula is C22H23N5O4. The highest BCUT2D eigenvalue weighted by molar-refractivity contribution is 6.00. The Labute approximate surface area is 178 Å². The summed E-state index contributed by atoms with van der Waals surface area (Å²) in [5, 5.41) is 22.2. The fourth-order valence-electron chi connectivity index (χ4n) is 3.90. The number of carbonyl (C=O) groups is 2. The summed E-state index contributed by atoms with van der Waals surface area (Å²) in [6.07, 6.45) is 7.34. The summed E-state index contributed by atoms with van der Waals surface area (Å²) in [6, 6.07) is 11.4. The maximum atomic E-state index is 12.4. The second-order valence-corrected chi connectivity index (χ2v) is 7.67. The largest absolute Gasteiger partial charge is 0.481 e. The summed E-state index contributed by atoms with van der Waals surface area (Å²) < 4.78 is 5.36. The van der Waals surface area contributed by atoms with Crippen molar-refractivity contribution in [2.45, 2.75) is 38.0 Å². The Bertz CT molecular complexity index is 1030. The normalized spacial score (nSPS) is 18.3. The molecule has 1 saturated carbocycles. The zero-order valence-electron chi connectivity index (χ0n) is 16.8. The number of hydrogen-bond donors (Lipinski definition) is 3. The van der Waals surface area contributed by atoms with Gasteiger partial charge in [0.05, 0.1) is 11.9 Å². The molecule has 0 spiro atoms. The highest BCUT2D eigenvalue weighted by Gasteiger charge is 2.24. The number of rotatable bonds is 7. The molecule has 1 aromatic carbocycles. The fraction of sp³-hybridized carbons (Fsp3) is 0.318. The number of nitrogens with one attached hydrogen (secondary N) is 2. The minimum atomic E-state index is -0.718. The summed E-state index contributed by atoms with van der Waals surface area (Å²) in [7, 11) is 0. The molecule has 0 saturated heterocycles. The zero-order valence-corrected chi connectivity index (χ0v) is 16.8. The van der Waals surface area contributed by atoms with Crippen LogP contribution in [0.15, 0.2) is 53.2 Å². The quantitative estimate of drug-likeness (QED) is 0.517. The number of pyridine rings is 1. The summed E-state index contributed by atoms with van der Waals surface area (Å²) in [5.74, 6) is -0.656. The molecule has 9 nitrogen and oxygen atoms in total. The number of carboxylic acids is 1. The lowest BCUT2D eigenvalue weighted by Crippen LogP contribution is -2.16. The number of nitrogens with zero attached hydrogens (tertiary/aromatic N) is 3. The predicted molar refractivity (Wildman–Crippen MR) is 113 cm³/mol. The van der Waals surface area contributed by atoms with E-state index >= 15 is 0 Å². The van der Waals surface area contributed by atoms with Crippen LogP contribution >= 0.6 is 0 Å². The van der Waals surface area contributed by atoms with Crippen LogP contribution in [0.5, 0.6) is 0 Å². The molecule has 9 heteroatoms. The number of aliphatic carboxylic acids is 1. The second kappa shape index (κ2) is 9.38. The van der Waals surface area contributed by atoms with Crippen LogP contribution in [-0.4, -0.2) is 32.2 Å². The monoisotopic (exact) mass is 421 g/mol. The van der Waals surface area contributed by atoms with E-state index in [0.29, 0.717) is 17.3 Å². The van der Waals surface area contributed by atoms with Gasteiger partial charge in [0.2, 0.25) is 0 Å². The average molecular weight is 421 g/mol. The number of hydrogen-bond acceptors (Lipinski definition) is 7. The van der Waals surface area contributed by atoms with Gasteiger partial charge in [-0.3, -0.25) is 14.6 Å². The summed E-state index contributed by atoms with van der Waals surface area (Å²) in [5.41, 5.74) is 2.51. The molecule has 1 aliphatic carbocycles. The molecule has 0 radical (unpaired) electrons. The van der Waals surface area contributed by atoms with E-state index in [0.717, 1.165) is 25.7 Å². The summed E-state index contributed by atoms with van der Waals surface area (Å²) in [6.45, 7) is 0. The minimum absolute atomic E-state index is 0.104. The molecule has 160 valence electrons. The van der Waals surface area contributed by atoms with E-state index in [1.807, 2.05) is 24.3 Å². The van der Waals surface area contributed by atoms with Crippen molar-refractivity contribution in [2.24, 2.45) is 5.92 Å². The van der Waals surface area contributed by atoms with E-state index in [1.165, 1.54) is 5.56 Å². The SMILES string of the molecule is O=C(O)CC1CCC(c2ccc(NC(=O)c3nnc(Nc4cccnc4)o3)cc2)CC1. The van der Waals surface area contributed by atoms with Gasteiger partial charge >= 0.3 is 23.8 Å². The van der Waals surface area contributed by atoms with E-state index in [4.69, 9.17) is 9.52 Å². The molecule has 2 aromatic heterocycles. The summed E-state index contributed by atoms with van der Waals surface area (Å²) >= 11 is 0. The molecule has 0 bridgehead atoms. The van der Waals surface area contributed by atoms with Crippen molar-refractivity contribution < 1.29 is 19.1 Å². The molecule has 0 aliphatic heterocycles. The van der Waals surface area contributed by atoms with Crippen molar-refractivity contribution in [3.05, 3.63) is 60.2 Å². The minimum Gasteiger partial charge on any atom is -0.481 e. The van der Waals surface area contributed by atoms with Gasteiger partial charge in [-0.05, 0) is 67.3 Å². The van der Waals surface area contributed by atoms with E-state index in [-0.39, 0.29) is 24.2 Å². The van der Waals surface area contributed by atoms with E-state index in [1.54, 1.807) is 24.5 Å². The van der Waals surface area contributed by atoms with Gasteiger partial charge in [0.1, 0.15) is 0 Å². The van der Waals surface area contributed by atoms with Crippen LogP contribution in [0.2, 0.25) is 0 Å². The number of aromatic nitrogens is 3. The van der Waals surface area contributed by atoms with E-state index in [2.05, 4.69) is 25.8 Å². The molecule has 31 heavy (non-hydrogen) atoms. The van der Waals surface area contributed by atoms with Gasteiger partial charge in [-0.15, -0.1) is 5.10 Å². The number of anilines is 3. The Kier molecular flexibility index (Phi) is 6.21. The number of benzene rings is 1. The Morgan fingerprint density at radius 3 is 2.48 bits per heavy atom. The first-order valence-electron chi connectivity index (χ1n) is 10.2. The van der Waals surface area contributed by atoms with Gasteiger partial charge < -0.3 is 20.2 Å². The third-order valence-electron chi connectivity index (χ3n) is 5.48. The highest BCUT2D eigenvalue weighted by Crippen LogP contribution is 2.37. The maximum Gasteiger partial charge on any atom is 0.320 e. The van der Waals surface area contributed by atoms with Gasteiger partial charge in [0.15, 0.2) is 0 Å². The zero-order chi connectivity index (χ0) is 21.6. The van der Waals surface area contributed by atoms with E-state index < -0.39 is 11.9 Å². The lowest BCUT2D eigenvalue weighted by Gasteiger charge is -2.28. The van der Waals surface area contributed by atoms with E-state index in [9.17, 15) is 9.59 Å². The number of carboxylic acid groups (broad SMARTS) is 1.